The predicted molar refractivity (Wildman–Crippen MR) is 139 cm³/mol. The normalized spacial score (nSPS) is 11.8. The largest absolute Gasteiger partial charge is 0.497 e. The highest BCUT2D eigenvalue weighted by Gasteiger charge is 2.24. The smallest absolute Gasteiger partial charge is 0.326 e. The molecule has 0 aromatic heterocycles. The highest BCUT2D eigenvalue weighted by molar-refractivity contribution is 9.10. The number of amides is 2. The summed E-state index contributed by atoms with van der Waals surface area (Å²) in [5.74, 6) is -1.58. The van der Waals surface area contributed by atoms with E-state index < -0.39 is 23.8 Å². The zero-order chi connectivity index (χ0) is 26.1. The minimum atomic E-state index is -1.22. The third kappa shape index (κ3) is 6.96. The molecule has 0 aliphatic rings. The number of ether oxygens (including phenoxy) is 2. The number of hydrogen-bond acceptors (Lipinski definition) is 5. The molecule has 0 aliphatic heterocycles. The van der Waals surface area contributed by atoms with Crippen molar-refractivity contribution in [2.75, 3.05) is 14.2 Å². The van der Waals surface area contributed by atoms with Crippen LogP contribution in [0, 0.1) is 0 Å². The Hall–Kier alpha value is -4.11. The fraction of sp³-hybridized carbons (Fsp3) is 0.148. The minimum Gasteiger partial charge on any atom is -0.497 e. The summed E-state index contributed by atoms with van der Waals surface area (Å²) in [6.07, 6.45) is 1.49. The van der Waals surface area contributed by atoms with Crippen molar-refractivity contribution in [2.24, 2.45) is 0 Å². The molecule has 3 aromatic rings. The van der Waals surface area contributed by atoms with E-state index in [9.17, 15) is 19.5 Å². The van der Waals surface area contributed by atoms with Gasteiger partial charge in [-0.25, -0.2) is 4.79 Å². The summed E-state index contributed by atoms with van der Waals surface area (Å²) in [7, 11) is 2.98. The molecule has 3 N–H and O–H groups in total. The van der Waals surface area contributed by atoms with Crippen molar-refractivity contribution in [1.82, 2.24) is 10.6 Å². The lowest BCUT2D eigenvalue weighted by molar-refractivity contribution is -0.141. The van der Waals surface area contributed by atoms with Crippen molar-refractivity contribution in [3.8, 4) is 11.5 Å². The van der Waals surface area contributed by atoms with Crippen molar-refractivity contribution in [3.63, 3.8) is 0 Å². The summed E-state index contributed by atoms with van der Waals surface area (Å²) in [6, 6.07) is 19.4. The number of carbonyl (C=O) groups excluding carboxylic acids is 2. The molecule has 0 fully saturated rings. The number of halogens is 1. The third-order valence-corrected chi connectivity index (χ3v) is 5.93. The summed E-state index contributed by atoms with van der Waals surface area (Å²) < 4.78 is 11.2. The molecule has 9 heteroatoms. The number of nitrogens with one attached hydrogen (secondary N) is 2. The molecule has 8 nitrogen and oxygen atoms in total. The molecule has 0 saturated heterocycles. The van der Waals surface area contributed by atoms with E-state index in [1.807, 2.05) is 6.07 Å². The van der Waals surface area contributed by atoms with Gasteiger partial charge in [0, 0.05) is 22.5 Å². The number of rotatable bonds is 10. The maximum atomic E-state index is 13.3. The lowest BCUT2D eigenvalue weighted by Crippen LogP contribution is -2.45. The van der Waals surface area contributed by atoms with Gasteiger partial charge in [-0.1, -0.05) is 42.5 Å². The van der Waals surface area contributed by atoms with Gasteiger partial charge in [0.2, 0.25) is 0 Å². The lowest BCUT2D eigenvalue weighted by atomic mass is 10.1. The highest BCUT2D eigenvalue weighted by Crippen LogP contribution is 2.26. The Balaban J connectivity index is 1.96. The Morgan fingerprint density at radius 1 is 0.972 bits per heavy atom. The van der Waals surface area contributed by atoms with Gasteiger partial charge in [0.05, 0.1) is 19.8 Å². The first-order valence-corrected chi connectivity index (χ1v) is 11.7. The molecular weight excluding hydrogens is 528 g/mol. The molecule has 3 aromatic carbocycles. The molecule has 3 rings (SSSR count). The second kappa shape index (κ2) is 12.6. The van der Waals surface area contributed by atoms with Crippen LogP contribution in [0.1, 0.15) is 21.5 Å². The second-order valence-corrected chi connectivity index (χ2v) is 8.51. The number of aliphatic carboxylic acids is 1. The van der Waals surface area contributed by atoms with Crippen LogP contribution in [-0.2, 0) is 16.0 Å². The topological polar surface area (TPSA) is 114 Å². The van der Waals surface area contributed by atoms with Gasteiger partial charge in [-0.2, -0.15) is 0 Å². The molecule has 0 spiro atoms. The summed E-state index contributed by atoms with van der Waals surface area (Å²) in [4.78, 5) is 38.2. The van der Waals surface area contributed by atoms with Gasteiger partial charge in [-0.05, 0) is 51.8 Å². The van der Waals surface area contributed by atoms with Crippen LogP contribution in [0.3, 0.4) is 0 Å². The van der Waals surface area contributed by atoms with Crippen LogP contribution < -0.4 is 20.1 Å². The maximum absolute atomic E-state index is 13.3. The first-order chi connectivity index (χ1) is 17.3. The second-order valence-electron chi connectivity index (χ2n) is 7.65. The Bertz CT molecular complexity index is 1280. The highest BCUT2D eigenvalue weighted by atomic mass is 79.9. The molecular formula is C27H25BrN2O6. The number of benzene rings is 3. The van der Waals surface area contributed by atoms with Gasteiger partial charge < -0.3 is 25.2 Å². The average Bonchev–Trinajstić information content (AvgIpc) is 2.88. The Labute approximate surface area is 217 Å². The number of carboxylic acid groups (broad SMARTS) is 1. The molecule has 0 unspecified atom stereocenters. The molecule has 0 heterocycles. The Morgan fingerprint density at radius 3 is 2.31 bits per heavy atom. The van der Waals surface area contributed by atoms with E-state index in [1.165, 1.54) is 20.3 Å². The molecule has 0 aliphatic carbocycles. The fourth-order valence-corrected chi connectivity index (χ4v) is 3.84. The van der Waals surface area contributed by atoms with Crippen molar-refractivity contribution in [1.29, 1.82) is 0 Å². The minimum absolute atomic E-state index is 0.0687. The van der Waals surface area contributed by atoms with Crippen LogP contribution in [0.4, 0.5) is 0 Å². The summed E-state index contributed by atoms with van der Waals surface area (Å²) >= 11 is 3.33. The molecule has 0 saturated carbocycles. The van der Waals surface area contributed by atoms with Crippen LogP contribution >= 0.6 is 15.9 Å². The SMILES string of the molecule is COc1ccc(/C=C(\NC(=O)c2ccccc2Br)C(=O)N[C@@H](Cc2ccccc2)C(=O)O)c(OC)c1. The number of carbonyl (C=O) groups is 3. The standard InChI is InChI=1S/C27H25BrN2O6/c1-35-19-13-12-18(24(16-19)36-2)15-22(29-25(31)20-10-6-7-11-21(20)28)26(32)30-23(27(33)34)14-17-8-4-3-5-9-17/h3-13,15-16,23H,14H2,1-2H3,(H,29,31)(H,30,32)(H,33,34)/b22-15-/t23-/m0/s1. The maximum Gasteiger partial charge on any atom is 0.326 e. The van der Waals surface area contributed by atoms with Gasteiger partial charge in [0.15, 0.2) is 0 Å². The molecule has 36 heavy (non-hydrogen) atoms. The van der Waals surface area contributed by atoms with Gasteiger partial charge in [0.25, 0.3) is 11.8 Å². The molecule has 1 atom stereocenters. The van der Waals surface area contributed by atoms with Crippen LogP contribution in [0.2, 0.25) is 0 Å². The first-order valence-electron chi connectivity index (χ1n) is 10.9. The molecule has 0 radical (unpaired) electrons. The van der Waals surface area contributed by atoms with E-state index in [0.29, 0.717) is 27.1 Å². The van der Waals surface area contributed by atoms with E-state index in [2.05, 4.69) is 26.6 Å². The van der Waals surface area contributed by atoms with E-state index in [0.717, 1.165) is 5.56 Å². The quantitative estimate of drug-likeness (QED) is 0.327. The average molecular weight is 553 g/mol. The van der Waals surface area contributed by atoms with Gasteiger partial charge in [-0.15, -0.1) is 0 Å². The lowest BCUT2D eigenvalue weighted by Gasteiger charge is -2.17. The Morgan fingerprint density at radius 2 is 1.67 bits per heavy atom. The predicted octanol–water partition coefficient (Wildman–Crippen LogP) is 4.05. The number of carboxylic acids is 1. The number of hydrogen-bond donors (Lipinski definition) is 3. The molecule has 2 amide bonds. The van der Waals surface area contributed by atoms with Crippen LogP contribution in [0.25, 0.3) is 6.08 Å². The van der Waals surface area contributed by atoms with E-state index >= 15 is 0 Å². The van der Waals surface area contributed by atoms with Gasteiger partial charge >= 0.3 is 5.97 Å². The monoisotopic (exact) mass is 552 g/mol. The summed E-state index contributed by atoms with van der Waals surface area (Å²) in [5, 5.41) is 14.9. The van der Waals surface area contributed by atoms with Crippen LogP contribution in [0.15, 0.2) is 83.0 Å². The van der Waals surface area contributed by atoms with Gasteiger partial charge in [0.1, 0.15) is 23.2 Å². The third-order valence-electron chi connectivity index (χ3n) is 5.24. The Kier molecular flexibility index (Phi) is 9.24. The fourth-order valence-electron chi connectivity index (χ4n) is 3.37. The van der Waals surface area contributed by atoms with E-state index in [4.69, 9.17) is 9.47 Å². The van der Waals surface area contributed by atoms with E-state index in [1.54, 1.807) is 66.7 Å². The zero-order valence-electron chi connectivity index (χ0n) is 19.7. The van der Waals surface area contributed by atoms with Gasteiger partial charge in [-0.3, -0.25) is 9.59 Å². The van der Waals surface area contributed by atoms with Crippen LogP contribution in [0.5, 0.6) is 11.5 Å². The zero-order valence-corrected chi connectivity index (χ0v) is 21.2. The summed E-state index contributed by atoms with van der Waals surface area (Å²) in [6.45, 7) is 0. The number of methoxy groups -OCH3 is 2. The first kappa shape index (κ1) is 26.5. The molecule has 0 bridgehead atoms. The van der Waals surface area contributed by atoms with E-state index in [-0.39, 0.29) is 12.1 Å². The molecule has 186 valence electrons. The van der Waals surface area contributed by atoms with Crippen molar-refractivity contribution in [2.45, 2.75) is 12.5 Å². The summed E-state index contributed by atoms with van der Waals surface area (Å²) in [5.41, 5.74) is 1.37. The van der Waals surface area contributed by atoms with Crippen molar-refractivity contribution >= 4 is 39.8 Å². The van der Waals surface area contributed by atoms with Crippen LogP contribution in [-0.4, -0.2) is 43.2 Å². The van der Waals surface area contributed by atoms with Crippen molar-refractivity contribution < 1.29 is 29.0 Å². The van der Waals surface area contributed by atoms with Crippen molar-refractivity contribution in [3.05, 3.63) is 99.7 Å².